The molecule has 3 heteroatoms. The summed E-state index contributed by atoms with van der Waals surface area (Å²) in [5.74, 6) is 1.47. The van der Waals surface area contributed by atoms with Crippen LogP contribution in [0.15, 0.2) is 48.5 Å². The van der Waals surface area contributed by atoms with E-state index < -0.39 is 6.10 Å². The molecule has 1 aliphatic heterocycles. The van der Waals surface area contributed by atoms with E-state index in [2.05, 4.69) is 12.1 Å². The van der Waals surface area contributed by atoms with E-state index in [-0.39, 0.29) is 5.92 Å². The predicted octanol–water partition coefficient (Wildman–Crippen LogP) is 3.37. The van der Waals surface area contributed by atoms with E-state index in [1.54, 1.807) is 0 Å². The molecule has 0 aliphatic carbocycles. The molecule has 3 rings (SSSR count). The van der Waals surface area contributed by atoms with Crippen molar-refractivity contribution in [1.82, 2.24) is 0 Å². The zero-order valence-corrected chi connectivity index (χ0v) is 12.2. The van der Waals surface area contributed by atoms with Crippen LogP contribution < -0.4 is 9.47 Å². The first-order valence-corrected chi connectivity index (χ1v) is 7.40. The SMILES string of the molecule is CCOc1cccc2c1OCC(Cc1ccccc1)C2O. The molecule has 0 spiro atoms. The standard InChI is InChI=1S/C18H20O3/c1-2-20-16-10-6-9-15-17(19)14(12-21-18(15)16)11-13-7-4-3-5-8-13/h3-10,14,17,19H,2,11-12H2,1H3. The number of aliphatic hydroxyl groups is 1. The van der Waals surface area contributed by atoms with Crippen molar-refractivity contribution in [3.05, 3.63) is 59.7 Å². The Labute approximate surface area is 125 Å². The van der Waals surface area contributed by atoms with Crippen molar-refractivity contribution in [2.75, 3.05) is 13.2 Å². The third-order valence-electron chi connectivity index (χ3n) is 3.86. The van der Waals surface area contributed by atoms with Gasteiger partial charge >= 0.3 is 0 Å². The Balaban J connectivity index is 1.82. The quantitative estimate of drug-likeness (QED) is 0.935. The van der Waals surface area contributed by atoms with Gasteiger partial charge in [0.2, 0.25) is 0 Å². The lowest BCUT2D eigenvalue weighted by Crippen LogP contribution is -2.28. The van der Waals surface area contributed by atoms with Crippen LogP contribution in [0.1, 0.15) is 24.2 Å². The second-order valence-corrected chi connectivity index (χ2v) is 5.31. The van der Waals surface area contributed by atoms with Crippen LogP contribution in [0.25, 0.3) is 0 Å². The molecule has 1 heterocycles. The fourth-order valence-corrected chi connectivity index (χ4v) is 2.81. The molecule has 0 amide bonds. The third kappa shape index (κ3) is 2.88. The van der Waals surface area contributed by atoms with Crippen LogP contribution in [-0.2, 0) is 6.42 Å². The number of para-hydroxylation sites is 1. The van der Waals surface area contributed by atoms with E-state index in [1.807, 2.05) is 43.3 Å². The summed E-state index contributed by atoms with van der Waals surface area (Å²) in [7, 11) is 0. The van der Waals surface area contributed by atoms with Crippen LogP contribution in [-0.4, -0.2) is 18.3 Å². The summed E-state index contributed by atoms with van der Waals surface area (Å²) >= 11 is 0. The second kappa shape index (κ2) is 6.19. The average Bonchev–Trinajstić information content (AvgIpc) is 2.52. The van der Waals surface area contributed by atoms with Gasteiger partial charge in [-0.25, -0.2) is 0 Å². The lowest BCUT2D eigenvalue weighted by Gasteiger charge is -2.31. The number of aliphatic hydroxyl groups excluding tert-OH is 1. The Morgan fingerprint density at radius 3 is 2.71 bits per heavy atom. The molecule has 0 fully saturated rings. The lowest BCUT2D eigenvalue weighted by atomic mass is 9.88. The first kappa shape index (κ1) is 14.0. The predicted molar refractivity (Wildman–Crippen MR) is 81.7 cm³/mol. The van der Waals surface area contributed by atoms with E-state index in [1.165, 1.54) is 5.56 Å². The molecular formula is C18H20O3. The van der Waals surface area contributed by atoms with Gasteiger partial charge < -0.3 is 14.6 Å². The van der Waals surface area contributed by atoms with E-state index in [4.69, 9.17) is 9.47 Å². The van der Waals surface area contributed by atoms with Gasteiger partial charge in [0.05, 0.1) is 19.3 Å². The van der Waals surface area contributed by atoms with E-state index >= 15 is 0 Å². The van der Waals surface area contributed by atoms with Crippen LogP contribution in [0.4, 0.5) is 0 Å². The highest BCUT2D eigenvalue weighted by atomic mass is 16.5. The van der Waals surface area contributed by atoms with Gasteiger partial charge in [-0.15, -0.1) is 0 Å². The normalized spacial score (nSPS) is 20.5. The maximum Gasteiger partial charge on any atom is 0.166 e. The number of hydrogen-bond acceptors (Lipinski definition) is 3. The molecule has 0 radical (unpaired) electrons. The molecule has 2 unspecified atom stereocenters. The molecule has 110 valence electrons. The van der Waals surface area contributed by atoms with Crippen molar-refractivity contribution < 1.29 is 14.6 Å². The Bertz CT molecular complexity index is 595. The van der Waals surface area contributed by atoms with Crippen LogP contribution >= 0.6 is 0 Å². The summed E-state index contributed by atoms with van der Waals surface area (Å²) in [4.78, 5) is 0. The summed E-state index contributed by atoms with van der Waals surface area (Å²) in [6, 6.07) is 15.9. The summed E-state index contributed by atoms with van der Waals surface area (Å²) in [6.07, 6.45) is 0.287. The highest BCUT2D eigenvalue weighted by Crippen LogP contribution is 2.42. The van der Waals surface area contributed by atoms with Gasteiger partial charge in [-0.05, 0) is 25.0 Å². The Hall–Kier alpha value is -2.00. The molecule has 2 aromatic carbocycles. The summed E-state index contributed by atoms with van der Waals surface area (Å²) in [5.41, 5.74) is 2.04. The molecule has 0 saturated heterocycles. The van der Waals surface area contributed by atoms with Gasteiger partial charge in [0.1, 0.15) is 0 Å². The monoisotopic (exact) mass is 284 g/mol. The third-order valence-corrected chi connectivity index (χ3v) is 3.86. The molecular weight excluding hydrogens is 264 g/mol. The van der Waals surface area contributed by atoms with Crippen molar-refractivity contribution in [3.8, 4) is 11.5 Å². The van der Waals surface area contributed by atoms with Crippen molar-refractivity contribution in [3.63, 3.8) is 0 Å². The van der Waals surface area contributed by atoms with Gasteiger partial charge in [-0.3, -0.25) is 0 Å². The fraction of sp³-hybridized carbons (Fsp3) is 0.333. The summed E-state index contributed by atoms with van der Waals surface area (Å²) < 4.78 is 11.4. The molecule has 21 heavy (non-hydrogen) atoms. The smallest absolute Gasteiger partial charge is 0.166 e. The average molecular weight is 284 g/mol. The highest BCUT2D eigenvalue weighted by molar-refractivity contribution is 5.49. The number of fused-ring (bicyclic) bond motifs is 1. The van der Waals surface area contributed by atoms with Gasteiger partial charge in [0.25, 0.3) is 0 Å². The second-order valence-electron chi connectivity index (χ2n) is 5.31. The first-order valence-electron chi connectivity index (χ1n) is 7.40. The number of hydrogen-bond donors (Lipinski definition) is 1. The number of rotatable bonds is 4. The van der Waals surface area contributed by atoms with E-state index in [9.17, 15) is 5.11 Å². The van der Waals surface area contributed by atoms with Crippen LogP contribution in [0.5, 0.6) is 11.5 Å². The molecule has 1 aliphatic rings. The molecule has 3 nitrogen and oxygen atoms in total. The molecule has 0 saturated carbocycles. The molecule has 0 bridgehead atoms. The minimum atomic E-state index is -0.519. The number of ether oxygens (including phenoxy) is 2. The maximum atomic E-state index is 10.6. The van der Waals surface area contributed by atoms with Gasteiger partial charge in [0.15, 0.2) is 11.5 Å². The Morgan fingerprint density at radius 1 is 1.14 bits per heavy atom. The first-order chi connectivity index (χ1) is 10.3. The molecule has 2 atom stereocenters. The van der Waals surface area contributed by atoms with Crippen molar-refractivity contribution in [2.24, 2.45) is 5.92 Å². The van der Waals surface area contributed by atoms with Crippen LogP contribution in [0, 0.1) is 5.92 Å². The van der Waals surface area contributed by atoms with Crippen molar-refractivity contribution in [2.45, 2.75) is 19.4 Å². The Morgan fingerprint density at radius 2 is 1.95 bits per heavy atom. The zero-order chi connectivity index (χ0) is 14.7. The lowest BCUT2D eigenvalue weighted by molar-refractivity contribution is 0.0487. The zero-order valence-electron chi connectivity index (χ0n) is 12.2. The largest absolute Gasteiger partial charge is 0.490 e. The van der Waals surface area contributed by atoms with Gasteiger partial charge in [-0.1, -0.05) is 42.5 Å². The summed E-state index contributed by atoms with van der Waals surface area (Å²) in [5, 5.41) is 10.6. The fourth-order valence-electron chi connectivity index (χ4n) is 2.81. The number of benzene rings is 2. The van der Waals surface area contributed by atoms with Crippen LogP contribution in [0.3, 0.4) is 0 Å². The Kier molecular flexibility index (Phi) is 4.11. The van der Waals surface area contributed by atoms with E-state index in [0.717, 1.165) is 12.0 Å². The minimum absolute atomic E-state index is 0.0665. The molecule has 1 N–H and O–H groups in total. The maximum absolute atomic E-state index is 10.6. The summed E-state index contributed by atoms with van der Waals surface area (Å²) in [6.45, 7) is 3.04. The van der Waals surface area contributed by atoms with E-state index in [0.29, 0.717) is 24.7 Å². The van der Waals surface area contributed by atoms with Crippen LogP contribution in [0.2, 0.25) is 0 Å². The van der Waals surface area contributed by atoms with Crippen molar-refractivity contribution >= 4 is 0 Å². The highest BCUT2D eigenvalue weighted by Gasteiger charge is 2.31. The molecule has 2 aromatic rings. The van der Waals surface area contributed by atoms with Gasteiger partial charge in [0, 0.05) is 11.5 Å². The molecule has 0 aromatic heterocycles. The van der Waals surface area contributed by atoms with Crippen molar-refractivity contribution in [1.29, 1.82) is 0 Å². The topological polar surface area (TPSA) is 38.7 Å². The minimum Gasteiger partial charge on any atom is -0.490 e. The van der Waals surface area contributed by atoms with Gasteiger partial charge in [-0.2, -0.15) is 0 Å².